The fraction of sp³-hybridized carbons (Fsp3) is 0.143. The first-order valence-electron chi connectivity index (χ1n) is 8.22. The molecule has 0 unspecified atom stereocenters. The van der Waals surface area contributed by atoms with Crippen molar-refractivity contribution in [2.45, 2.75) is 6.42 Å². The van der Waals surface area contributed by atoms with Crippen LogP contribution in [-0.2, 0) is 11.2 Å². The van der Waals surface area contributed by atoms with E-state index in [4.69, 9.17) is 9.47 Å². The third-order valence-corrected chi connectivity index (χ3v) is 4.04. The molecule has 0 saturated heterocycles. The lowest BCUT2D eigenvalue weighted by atomic mass is 10.0. The first-order chi connectivity index (χ1) is 12.7. The van der Waals surface area contributed by atoms with Crippen LogP contribution < -0.4 is 14.9 Å². The number of methoxy groups -OCH3 is 2. The highest BCUT2D eigenvalue weighted by Gasteiger charge is 2.08. The quantitative estimate of drug-likeness (QED) is 0.547. The molecule has 0 saturated carbocycles. The normalized spacial score (nSPS) is 10.8. The van der Waals surface area contributed by atoms with Crippen molar-refractivity contribution in [3.8, 4) is 11.5 Å². The number of ether oxygens (including phenoxy) is 2. The minimum Gasteiger partial charge on any atom is -0.497 e. The molecule has 0 heterocycles. The van der Waals surface area contributed by atoms with E-state index in [-0.39, 0.29) is 12.3 Å². The molecule has 0 spiro atoms. The highest BCUT2D eigenvalue weighted by atomic mass is 16.5. The SMILES string of the molecule is COc1ccc2ccc(OC)c(/C=N/NC(=O)Cc3ccccc3)c2c1. The summed E-state index contributed by atoms with van der Waals surface area (Å²) in [5, 5.41) is 6.07. The maximum absolute atomic E-state index is 12.0. The van der Waals surface area contributed by atoms with Gasteiger partial charge in [0.15, 0.2) is 0 Å². The molecule has 3 aromatic carbocycles. The molecule has 0 fully saturated rings. The predicted octanol–water partition coefficient (Wildman–Crippen LogP) is 3.55. The summed E-state index contributed by atoms with van der Waals surface area (Å²) in [5.41, 5.74) is 4.29. The number of benzene rings is 3. The van der Waals surface area contributed by atoms with Crippen LogP contribution in [0.25, 0.3) is 10.8 Å². The fourth-order valence-electron chi connectivity index (χ4n) is 2.73. The van der Waals surface area contributed by atoms with E-state index in [0.29, 0.717) is 5.75 Å². The van der Waals surface area contributed by atoms with E-state index in [1.807, 2.05) is 60.7 Å². The van der Waals surface area contributed by atoms with Gasteiger partial charge in [-0.05, 0) is 34.5 Å². The van der Waals surface area contributed by atoms with Crippen molar-refractivity contribution in [1.82, 2.24) is 5.43 Å². The molecule has 1 N–H and O–H groups in total. The molecule has 0 aliphatic heterocycles. The van der Waals surface area contributed by atoms with Gasteiger partial charge in [0, 0.05) is 5.56 Å². The zero-order valence-electron chi connectivity index (χ0n) is 14.7. The summed E-state index contributed by atoms with van der Waals surface area (Å²) in [4.78, 5) is 12.0. The highest BCUT2D eigenvalue weighted by Crippen LogP contribution is 2.29. The van der Waals surface area contributed by atoms with Gasteiger partial charge in [-0.25, -0.2) is 5.43 Å². The van der Waals surface area contributed by atoms with Gasteiger partial charge in [0.05, 0.1) is 26.9 Å². The molecule has 0 bridgehead atoms. The van der Waals surface area contributed by atoms with E-state index >= 15 is 0 Å². The minimum atomic E-state index is -0.177. The first-order valence-corrected chi connectivity index (χ1v) is 8.22. The Labute approximate surface area is 152 Å². The molecule has 0 aromatic heterocycles. The maximum atomic E-state index is 12.0. The van der Waals surface area contributed by atoms with Crippen molar-refractivity contribution < 1.29 is 14.3 Å². The zero-order valence-corrected chi connectivity index (χ0v) is 14.7. The van der Waals surface area contributed by atoms with Crippen LogP contribution in [0.1, 0.15) is 11.1 Å². The Morgan fingerprint density at radius 3 is 2.54 bits per heavy atom. The van der Waals surface area contributed by atoms with Crippen LogP contribution in [0, 0.1) is 0 Å². The average Bonchev–Trinajstić information content (AvgIpc) is 2.68. The van der Waals surface area contributed by atoms with Gasteiger partial charge >= 0.3 is 0 Å². The van der Waals surface area contributed by atoms with Gasteiger partial charge in [-0.15, -0.1) is 0 Å². The Morgan fingerprint density at radius 1 is 1.04 bits per heavy atom. The fourth-order valence-corrected chi connectivity index (χ4v) is 2.73. The summed E-state index contributed by atoms with van der Waals surface area (Å²) in [5.74, 6) is 1.24. The van der Waals surface area contributed by atoms with Crippen LogP contribution in [0.15, 0.2) is 65.8 Å². The molecule has 26 heavy (non-hydrogen) atoms. The third-order valence-electron chi connectivity index (χ3n) is 4.04. The highest BCUT2D eigenvalue weighted by molar-refractivity contribution is 6.03. The molecule has 3 aromatic rings. The van der Waals surface area contributed by atoms with Crippen LogP contribution in [0.3, 0.4) is 0 Å². The second kappa shape index (κ2) is 8.16. The van der Waals surface area contributed by atoms with Gasteiger partial charge in [0.1, 0.15) is 11.5 Å². The molecule has 0 aliphatic rings. The lowest BCUT2D eigenvalue weighted by Crippen LogP contribution is -2.19. The van der Waals surface area contributed by atoms with Crippen molar-refractivity contribution >= 4 is 22.9 Å². The second-order valence-electron chi connectivity index (χ2n) is 5.72. The van der Waals surface area contributed by atoms with E-state index in [0.717, 1.165) is 27.6 Å². The molecule has 0 atom stereocenters. The maximum Gasteiger partial charge on any atom is 0.244 e. The number of nitrogens with one attached hydrogen (secondary N) is 1. The standard InChI is InChI=1S/C21H20N2O3/c1-25-17-10-8-16-9-11-20(26-2)19(18(16)13-17)14-22-23-21(24)12-15-6-4-3-5-7-15/h3-11,13-14H,12H2,1-2H3,(H,23,24)/b22-14+. The number of carbonyl (C=O) groups excluding carboxylic acids is 1. The van der Waals surface area contributed by atoms with Gasteiger partial charge in [0.2, 0.25) is 5.91 Å². The van der Waals surface area contributed by atoms with Crippen LogP contribution >= 0.6 is 0 Å². The number of hydrogen-bond acceptors (Lipinski definition) is 4. The average molecular weight is 348 g/mol. The van der Waals surface area contributed by atoms with Crippen molar-refractivity contribution in [1.29, 1.82) is 0 Å². The Morgan fingerprint density at radius 2 is 1.81 bits per heavy atom. The smallest absolute Gasteiger partial charge is 0.244 e. The molecule has 132 valence electrons. The molecule has 0 aliphatic carbocycles. The molecular formula is C21H20N2O3. The summed E-state index contributed by atoms with van der Waals surface area (Å²) in [6.45, 7) is 0. The van der Waals surface area contributed by atoms with Crippen LogP contribution in [0.5, 0.6) is 11.5 Å². The van der Waals surface area contributed by atoms with Crippen molar-refractivity contribution in [2.24, 2.45) is 5.10 Å². The number of amides is 1. The third kappa shape index (κ3) is 4.00. The van der Waals surface area contributed by atoms with Crippen LogP contribution in [-0.4, -0.2) is 26.3 Å². The second-order valence-corrected chi connectivity index (χ2v) is 5.72. The topological polar surface area (TPSA) is 59.9 Å². The monoisotopic (exact) mass is 348 g/mol. The number of carbonyl (C=O) groups is 1. The summed E-state index contributed by atoms with van der Waals surface area (Å²) < 4.78 is 10.7. The van der Waals surface area contributed by atoms with Crippen molar-refractivity contribution in [3.05, 3.63) is 71.8 Å². The van der Waals surface area contributed by atoms with Gasteiger partial charge in [0.25, 0.3) is 0 Å². The van der Waals surface area contributed by atoms with Gasteiger partial charge < -0.3 is 9.47 Å². The molecule has 5 heteroatoms. The largest absolute Gasteiger partial charge is 0.497 e. The summed E-state index contributed by atoms with van der Waals surface area (Å²) in [7, 11) is 3.23. The van der Waals surface area contributed by atoms with Crippen molar-refractivity contribution in [3.63, 3.8) is 0 Å². The van der Waals surface area contributed by atoms with E-state index < -0.39 is 0 Å². The summed E-state index contributed by atoms with van der Waals surface area (Å²) >= 11 is 0. The number of fused-ring (bicyclic) bond motifs is 1. The summed E-state index contributed by atoms with van der Waals surface area (Å²) in [6.07, 6.45) is 1.88. The number of rotatable bonds is 6. The number of nitrogens with zero attached hydrogens (tertiary/aromatic N) is 1. The zero-order chi connectivity index (χ0) is 18.4. The Kier molecular flexibility index (Phi) is 5.49. The molecule has 5 nitrogen and oxygen atoms in total. The lowest BCUT2D eigenvalue weighted by Gasteiger charge is -2.10. The number of hydrazone groups is 1. The van der Waals surface area contributed by atoms with Gasteiger partial charge in [-0.1, -0.05) is 42.5 Å². The van der Waals surface area contributed by atoms with E-state index in [1.165, 1.54) is 0 Å². The van der Waals surface area contributed by atoms with Gasteiger partial charge in [-0.2, -0.15) is 5.10 Å². The first kappa shape index (κ1) is 17.5. The predicted molar refractivity (Wildman–Crippen MR) is 103 cm³/mol. The van der Waals surface area contributed by atoms with E-state index in [2.05, 4.69) is 10.5 Å². The van der Waals surface area contributed by atoms with Crippen molar-refractivity contribution in [2.75, 3.05) is 14.2 Å². The Hall–Kier alpha value is -3.34. The molecule has 1 amide bonds. The number of hydrogen-bond donors (Lipinski definition) is 1. The molecular weight excluding hydrogens is 328 g/mol. The van der Waals surface area contributed by atoms with E-state index in [1.54, 1.807) is 20.4 Å². The summed E-state index contributed by atoms with van der Waals surface area (Å²) in [6, 6.07) is 19.2. The minimum absolute atomic E-state index is 0.177. The Balaban J connectivity index is 1.82. The Bertz CT molecular complexity index is 931. The van der Waals surface area contributed by atoms with Gasteiger partial charge in [-0.3, -0.25) is 4.79 Å². The molecule has 0 radical (unpaired) electrons. The van der Waals surface area contributed by atoms with Crippen LogP contribution in [0.2, 0.25) is 0 Å². The van der Waals surface area contributed by atoms with Crippen LogP contribution in [0.4, 0.5) is 0 Å². The lowest BCUT2D eigenvalue weighted by molar-refractivity contribution is -0.120. The molecule has 3 rings (SSSR count). The van der Waals surface area contributed by atoms with E-state index in [9.17, 15) is 4.79 Å².